The summed E-state index contributed by atoms with van der Waals surface area (Å²) in [6, 6.07) is 5.09. The van der Waals surface area contributed by atoms with E-state index in [1.807, 2.05) is 40.2 Å². The van der Waals surface area contributed by atoms with Gasteiger partial charge in [0.15, 0.2) is 5.75 Å². The van der Waals surface area contributed by atoms with E-state index in [1.54, 1.807) is 18.2 Å². The molecular formula is C19H26BCl2N3O3. The van der Waals surface area contributed by atoms with E-state index in [1.165, 1.54) is 0 Å². The number of carbonyl (C=O) groups excluding carboxylic acids is 1. The summed E-state index contributed by atoms with van der Waals surface area (Å²) in [6.45, 7) is 8.41. The number of nitrogens with one attached hydrogen (secondary N) is 1. The molecule has 0 aliphatic carbocycles. The van der Waals surface area contributed by atoms with Gasteiger partial charge in [-0.25, -0.2) is 4.79 Å². The molecule has 0 radical (unpaired) electrons. The van der Waals surface area contributed by atoms with Gasteiger partial charge >= 0.3 is 6.09 Å². The maximum Gasteiger partial charge on any atom is 0.407 e. The second kappa shape index (κ2) is 9.57. The predicted octanol–water partition coefficient (Wildman–Crippen LogP) is 4.20. The van der Waals surface area contributed by atoms with Gasteiger partial charge in [0, 0.05) is 16.6 Å². The molecule has 2 rings (SSSR count). The number of benzene rings is 1. The van der Waals surface area contributed by atoms with Crippen molar-refractivity contribution in [2.45, 2.75) is 52.6 Å². The summed E-state index contributed by atoms with van der Waals surface area (Å²) in [5.74, 6) is 1.27. The minimum absolute atomic E-state index is 0.398. The van der Waals surface area contributed by atoms with Gasteiger partial charge in [-0.15, -0.1) is 0 Å². The number of hydrogen-bond acceptors (Lipinski definition) is 4. The Kier molecular flexibility index (Phi) is 7.66. The van der Waals surface area contributed by atoms with E-state index < -0.39 is 11.7 Å². The van der Waals surface area contributed by atoms with Crippen molar-refractivity contribution in [3.05, 3.63) is 39.6 Å². The maximum absolute atomic E-state index is 11.8. The molecule has 1 N–H and O–H groups in total. The highest BCUT2D eigenvalue weighted by Gasteiger charge is 2.19. The third-order valence-electron chi connectivity index (χ3n) is 3.79. The number of hydrogen-bond donors (Lipinski definition) is 1. The van der Waals surface area contributed by atoms with E-state index in [-0.39, 0.29) is 0 Å². The van der Waals surface area contributed by atoms with Crippen molar-refractivity contribution >= 4 is 37.1 Å². The van der Waals surface area contributed by atoms with Crippen LogP contribution in [-0.2, 0) is 24.0 Å². The Labute approximate surface area is 176 Å². The second-order valence-corrected chi connectivity index (χ2v) is 8.16. The van der Waals surface area contributed by atoms with Crippen molar-refractivity contribution < 1.29 is 14.3 Å². The Hall–Kier alpha value is -1.86. The summed E-state index contributed by atoms with van der Waals surface area (Å²) in [4.78, 5) is 11.8. The molecule has 1 amide bonds. The molecule has 6 nitrogen and oxygen atoms in total. The van der Waals surface area contributed by atoms with Gasteiger partial charge in [-0.3, -0.25) is 4.68 Å². The summed E-state index contributed by atoms with van der Waals surface area (Å²) in [7, 11) is 2.03. The first-order valence-electron chi connectivity index (χ1n) is 9.32. The fourth-order valence-electron chi connectivity index (χ4n) is 2.70. The fourth-order valence-corrected chi connectivity index (χ4v) is 3.20. The van der Waals surface area contributed by atoms with Crippen molar-refractivity contribution in [1.29, 1.82) is 0 Å². The molecule has 1 aromatic carbocycles. The van der Waals surface area contributed by atoms with Crippen LogP contribution in [0.1, 0.15) is 39.1 Å². The Morgan fingerprint density at radius 2 is 1.89 bits per heavy atom. The Bertz CT molecular complexity index is 814. The van der Waals surface area contributed by atoms with Crippen LogP contribution in [0.2, 0.25) is 10.0 Å². The van der Waals surface area contributed by atoms with Gasteiger partial charge in [0.25, 0.3) is 0 Å². The maximum atomic E-state index is 11.8. The lowest BCUT2D eigenvalue weighted by atomic mass is 10.0. The molecule has 1 heterocycles. The Morgan fingerprint density at radius 1 is 1.25 bits per heavy atom. The third-order valence-corrected chi connectivity index (χ3v) is 4.23. The number of alkyl carbamates (subject to hydrolysis) is 1. The van der Waals surface area contributed by atoms with Gasteiger partial charge in [0.05, 0.1) is 12.2 Å². The van der Waals surface area contributed by atoms with Crippen molar-refractivity contribution in [2.24, 2.45) is 0 Å². The van der Waals surface area contributed by atoms with Crippen LogP contribution < -0.4 is 10.1 Å². The normalized spacial score (nSPS) is 11.4. The first kappa shape index (κ1) is 22.4. The minimum atomic E-state index is -0.529. The lowest BCUT2D eigenvalue weighted by Gasteiger charge is -2.19. The number of amides is 1. The van der Waals surface area contributed by atoms with Crippen molar-refractivity contribution in [3.63, 3.8) is 0 Å². The molecule has 0 saturated heterocycles. The standard InChI is InChI=1S/C19H26BCl2N3O3/c1-5-15-17(27-14-9-12(21)8-13(22)10-14)16(11-20)25(24-15)7-6-23-18(26)28-19(2,3)4/h8-10H,5-7,11,20H2,1-4H3,(H,23,26). The molecule has 9 heteroatoms. The number of halogens is 2. The monoisotopic (exact) mass is 425 g/mol. The van der Waals surface area contributed by atoms with E-state index in [0.29, 0.717) is 41.1 Å². The van der Waals surface area contributed by atoms with E-state index >= 15 is 0 Å². The van der Waals surface area contributed by atoms with Gasteiger partial charge in [-0.2, -0.15) is 5.10 Å². The SMILES string of the molecule is BCc1c(Oc2cc(Cl)cc(Cl)c2)c(CC)nn1CCNC(=O)OC(C)(C)C. The van der Waals surface area contributed by atoms with Crippen molar-refractivity contribution in [1.82, 2.24) is 15.1 Å². The average Bonchev–Trinajstić information content (AvgIpc) is 2.88. The largest absolute Gasteiger partial charge is 0.453 e. The van der Waals surface area contributed by atoms with Crippen LogP contribution in [0.3, 0.4) is 0 Å². The zero-order valence-corrected chi connectivity index (χ0v) is 18.4. The highest BCUT2D eigenvalue weighted by molar-refractivity contribution is 6.34. The Morgan fingerprint density at radius 3 is 2.43 bits per heavy atom. The molecule has 0 atom stereocenters. The lowest BCUT2D eigenvalue weighted by molar-refractivity contribution is 0.0525. The van der Waals surface area contributed by atoms with E-state index in [4.69, 9.17) is 32.7 Å². The number of aryl methyl sites for hydroxylation is 1. The zero-order valence-electron chi connectivity index (χ0n) is 16.9. The van der Waals surface area contributed by atoms with E-state index in [9.17, 15) is 4.79 Å². The molecule has 152 valence electrons. The van der Waals surface area contributed by atoms with E-state index in [0.717, 1.165) is 17.7 Å². The van der Waals surface area contributed by atoms with Gasteiger partial charge in [-0.1, -0.05) is 30.1 Å². The van der Waals surface area contributed by atoms with Crippen LogP contribution in [0.4, 0.5) is 4.79 Å². The van der Waals surface area contributed by atoms with E-state index in [2.05, 4.69) is 10.4 Å². The molecule has 0 unspecified atom stereocenters. The Balaban J connectivity index is 2.15. The molecule has 0 saturated carbocycles. The second-order valence-electron chi connectivity index (χ2n) is 7.29. The average molecular weight is 426 g/mol. The fraction of sp³-hybridized carbons (Fsp3) is 0.474. The molecular weight excluding hydrogens is 400 g/mol. The smallest absolute Gasteiger partial charge is 0.407 e. The molecule has 0 aliphatic heterocycles. The topological polar surface area (TPSA) is 65.4 Å². The van der Waals surface area contributed by atoms with Crippen LogP contribution >= 0.6 is 23.2 Å². The first-order valence-corrected chi connectivity index (χ1v) is 10.1. The summed E-state index contributed by atoms with van der Waals surface area (Å²) in [5, 5.41) is 8.41. The number of ether oxygens (including phenoxy) is 2. The summed E-state index contributed by atoms with van der Waals surface area (Å²) in [6.07, 6.45) is 0.991. The molecule has 2 aromatic rings. The summed E-state index contributed by atoms with van der Waals surface area (Å²) >= 11 is 12.2. The summed E-state index contributed by atoms with van der Waals surface area (Å²) < 4.78 is 13.2. The van der Waals surface area contributed by atoms with Gasteiger partial charge < -0.3 is 14.8 Å². The summed E-state index contributed by atoms with van der Waals surface area (Å²) in [5.41, 5.74) is 1.25. The highest BCUT2D eigenvalue weighted by Crippen LogP contribution is 2.33. The van der Waals surface area contributed by atoms with Crippen LogP contribution in [0.15, 0.2) is 18.2 Å². The van der Waals surface area contributed by atoms with Crippen LogP contribution in [0.25, 0.3) is 0 Å². The number of carbonyl (C=O) groups is 1. The number of rotatable bonds is 7. The van der Waals surface area contributed by atoms with Gasteiger partial charge in [-0.05, 0) is 51.7 Å². The molecule has 0 bridgehead atoms. The van der Waals surface area contributed by atoms with Crippen molar-refractivity contribution in [2.75, 3.05) is 6.54 Å². The third kappa shape index (κ3) is 6.35. The molecule has 0 spiro atoms. The molecule has 28 heavy (non-hydrogen) atoms. The molecule has 0 fully saturated rings. The molecule has 0 aliphatic rings. The predicted molar refractivity (Wildman–Crippen MR) is 115 cm³/mol. The first-order chi connectivity index (χ1) is 13.1. The lowest BCUT2D eigenvalue weighted by Crippen LogP contribution is -2.34. The highest BCUT2D eigenvalue weighted by atomic mass is 35.5. The van der Waals surface area contributed by atoms with Crippen LogP contribution in [-0.4, -0.2) is 35.9 Å². The quantitative estimate of drug-likeness (QED) is 0.675. The minimum Gasteiger partial charge on any atom is -0.453 e. The van der Waals surface area contributed by atoms with Gasteiger partial charge in [0.2, 0.25) is 0 Å². The van der Waals surface area contributed by atoms with Gasteiger partial charge in [0.1, 0.15) is 24.9 Å². The number of nitrogens with zero attached hydrogens (tertiary/aromatic N) is 2. The molecule has 1 aromatic heterocycles. The zero-order chi connectivity index (χ0) is 20.9. The van der Waals surface area contributed by atoms with Crippen molar-refractivity contribution in [3.8, 4) is 11.5 Å². The van der Waals surface area contributed by atoms with Crippen LogP contribution in [0.5, 0.6) is 11.5 Å². The number of aromatic nitrogens is 2. The van der Waals surface area contributed by atoms with Crippen LogP contribution in [0, 0.1) is 0 Å².